The van der Waals surface area contributed by atoms with Gasteiger partial charge in [0.15, 0.2) is 0 Å². The van der Waals surface area contributed by atoms with Crippen molar-refractivity contribution in [2.75, 3.05) is 43.4 Å². The van der Waals surface area contributed by atoms with E-state index in [2.05, 4.69) is 53.9 Å². The van der Waals surface area contributed by atoms with Crippen LogP contribution in [0.5, 0.6) is 0 Å². The monoisotopic (exact) mass is 430 g/mol. The highest BCUT2D eigenvalue weighted by Crippen LogP contribution is 2.25. The molecular weight excluding hydrogens is 408 g/mol. The van der Waals surface area contributed by atoms with Crippen molar-refractivity contribution in [3.63, 3.8) is 0 Å². The molecule has 8 heteroatoms. The van der Waals surface area contributed by atoms with Crippen LogP contribution in [0.25, 0.3) is 0 Å². The Morgan fingerprint density at radius 2 is 1.93 bits per heavy atom. The van der Waals surface area contributed by atoms with Crippen LogP contribution in [-0.4, -0.2) is 58.5 Å². The summed E-state index contributed by atoms with van der Waals surface area (Å²) >= 11 is 3.20. The van der Waals surface area contributed by atoms with Crippen LogP contribution in [0.1, 0.15) is 18.4 Å². The highest BCUT2D eigenvalue weighted by atomic mass is 79.9. The summed E-state index contributed by atoms with van der Waals surface area (Å²) in [4.78, 5) is 23.9. The first-order valence-electron chi connectivity index (χ1n) is 8.89. The van der Waals surface area contributed by atoms with Crippen LogP contribution in [0, 0.1) is 5.41 Å². The van der Waals surface area contributed by atoms with E-state index in [4.69, 9.17) is 11.1 Å². The Hall–Kier alpha value is -2.32. The predicted molar refractivity (Wildman–Crippen MR) is 111 cm³/mol. The van der Waals surface area contributed by atoms with Crippen LogP contribution in [0.15, 0.2) is 41.8 Å². The fourth-order valence-electron chi connectivity index (χ4n) is 3.26. The fourth-order valence-corrected chi connectivity index (χ4v) is 3.64. The number of halogens is 1. The van der Waals surface area contributed by atoms with Crippen molar-refractivity contribution in [3.8, 4) is 0 Å². The van der Waals surface area contributed by atoms with Crippen molar-refractivity contribution in [1.29, 1.82) is 5.41 Å². The van der Waals surface area contributed by atoms with Gasteiger partial charge in [-0.25, -0.2) is 9.97 Å². The van der Waals surface area contributed by atoms with E-state index >= 15 is 0 Å². The molecule has 1 aliphatic carbocycles. The Morgan fingerprint density at radius 1 is 1.19 bits per heavy atom. The topological polar surface area (TPSA) is 99.2 Å². The number of piperazine rings is 1. The molecule has 1 fully saturated rings. The van der Waals surface area contributed by atoms with Crippen molar-refractivity contribution < 1.29 is 4.79 Å². The van der Waals surface area contributed by atoms with E-state index in [0.29, 0.717) is 23.6 Å². The van der Waals surface area contributed by atoms with Crippen molar-refractivity contribution in [3.05, 3.63) is 47.3 Å². The first-order chi connectivity index (χ1) is 13.1. The number of carbonyl (C=O) groups excluding carboxylic acids is 1. The highest BCUT2D eigenvalue weighted by Gasteiger charge is 2.23. The normalized spacial score (nSPS) is 22.2. The molecule has 3 rings (SSSR count). The molecule has 0 aromatic carbocycles. The zero-order valence-electron chi connectivity index (χ0n) is 15.1. The molecule has 1 aliphatic heterocycles. The molecule has 0 spiro atoms. The van der Waals surface area contributed by atoms with E-state index < -0.39 is 0 Å². The van der Waals surface area contributed by atoms with Gasteiger partial charge in [-0.2, -0.15) is 0 Å². The second kappa shape index (κ2) is 9.05. The zero-order valence-corrected chi connectivity index (χ0v) is 16.7. The number of nitrogen functional groups attached to an aromatic ring is 1. The SMILES string of the molecule is N=C(Br)c1c(N)ncnc1N1CCN(C/C2=C/C=C(/C=O)CC=CC2)CC1. The van der Waals surface area contributed by atoms with Crippen LogP contribution in [0.2, 0.25) is 0 Å². The van der Waals surface area contributed by atoms with E-state index in [9.17, 15) is 4.79 Å². The summed E-state index contributed by atoms with van der Waals surface area (Å²) in [6.45, 7) is 4.28. The minimum Gasteiger partial charge on any atom is -0.383 e. The van der Waals surface area contributed by atoms with Gasteiger partial charge in [-0.15, -0.1) is 0 Å². The maximum Gasteiger partial charge on any atom is 0.146 e. The number of aldehydes is 1. The number of hydrogen-bond acceptors (Lipinski definition) is 7. The molecule has 0 unspecified atom stereocenters. The molecule has 27 heavy (non-hydrogen) atoms. The lowest BCUT2D eigenvalue weighted by Crippen LogP contribution is -2.47. The number of rotatable bonds is 5. The predicted octanol–water partition coefficient (Wildman–Crippen LogP) is 2.30. The lowest BCUT2D eigenvalue weighted by Gasteiger charge is -2.36. The van der Waals surface area contributed by atoms with Gasteiger partial charge in [0.2, 0.25) is 0 Å². The Bertz CT molecular complexity index is 808. The molecule has 0 amide bonds. The van der Waals surface area contributed by atoms with Gasteiger partial charge in [0, 0.05) is 32.7 Å². The largest absolute Gasteiger partial charge is 0.383 e. The van der Waals surface area contributed by atoms with E-state index in [0.717, 1.165) is 51.0 Å². The first-order valence-corrected chi connectivity index (χ1v) is 9.68. The summed E-state index contributed by atoms with van der Waals surface area (Å²) in [5.74, 6) is 1.02. The molecule has 1 aromatic rings. The van der Waals surface area contributed by atoms with Crippen molar-refractivity contribution >= 4 is 38.5 Å². The van der Waals surface area contributed by atoms with Gasteiger partial charge < -0.3 is 10.6 Å². The number of allylic oxidation sites excluding steroid dienone is 5. The van der Waals surface area contributed by atoms with Crippen molar-refractivity contribution in [2.45, 2.75) is 12.8 Å². The van der Waals surface area contributed by atoms with Crippen LogP contribution in [0.3, 0.4) is 0 Å². The third-order valence-corrected chi connectivity index (χ3v) is 5.16. The highest BCUT2D eigenvalue weighted by molar-refractivity contribution is 9.18. The lowest BCUT2D eigenvalue weighted by atomic mass is 10.0. The van der Waals surface area contributed by atoms with Gasteiger partial charge in [0.1, 0.15) is 28.9 Å². The molecular formula is C19H23BrN6O. The smallest absolute Gasteiger partial charge is 0.146 e. The Labute approximate surface area is 167 Å². The minimum absolute atomic E-state index is 0.197. The molecule has 1 saturated heterocycles. The van der Waals surface area contributed by atoms with E-state index in [1.807, 2.05) is 6.08 Å². The van der Waals surface area contributed by atoms with Crippen LogP contribution in [0.4, 0.5) is 11.6 Å². The number of nitrogens with two attached hydrogens (primary N) is 1. The molecule has 0 bridgehead atoms. The number of anilines is 2. The first kappa shape index (κ1) is 19.4. The average Bonchev–Trinajstić information content (AvgIpc) is 2.64. The minimum atomic E-state index is 0.197. The number of nitrogens with one attached hydrogen (secondary N) is 1. The third kappa shape index (κ3) is 4.90. The Morgan fingerprint density at radius 3 is 2.63 bits per heavy atom. The zero-order chi connectivity index (χ0) is 19.2. The summed E-state index contributed by atoms with van der Waals surface area (Å²) in [7, 11) is 0. The number of hydrogen-bond donors (Lipinski definition) is 2. The van der Waals surface area contributed by atoms with Gasteiger partial charge >= 0.3 is 0 Å². The van der Waals surface area contributed by atoms with Gasteiger partial charge in [0.05, 0.1) is 5.56 Å². The van der Waals surface area contributed by atoms with E-state index in [-0.39, 0.29) is 4.62 Å². The molecule has 0 radical (unpaired) electrons. The van der Waals surface area contributed by atoms with Gasteiger partial charge in [-0.05, 0) is 34.3 Å². The van der Waals surface area contributed by atoms with Gasteiger partial charge in [-0.3, -0.25) is 15.1 Å². The molecule has 0 atom stereocenters. The van der Waals surface area contributed by atoms with Crippen LogP contribution < -0.4 is 10.6 Å². The molecule has 3 N–H and O–H groups in total. The molecule has 7 nitrogen and oxygen atoms in total. The van der Waals surface area contributed by atoms with Gasteiger partial charge in [-0.1, -0.05) is 29.9 Å². The number of nitrogens with zero attached hydrogens (tertiary/aromatic N) is 4. The second-order valence-corrected chi connectivity index (χ2v) is 7.39. The van der Waals surface area contributed by atoms with E-state index in [1.54, 1.807) is 0 Å². The van der Waals surface area contributed by atoms with Crippen LogP contribution >= 0.6 is 15.9 Å². The Balaban J connectivity index is 1.65. The average molecular weight is 431 g/mol. The second-order valence-electron chi connectivity index (χ2n) is 6.60. The van der Waals surface area contributed by atoms with Gasteiger partial charge in [0.25, 0.3) is 0 Å². The summed E-state index contributed by atoms with van der Waals surface area (Å²) in [5, 5.41) is 7.89. The summed E-state index contributed by atoms with van der Waals surface area (Å²) in [5.41, 5.74) is 8.58. The molecule has 142 valence electrons. The van der Waals surface area contributed by atoms with Crippen LogP contribution in [-0.2, 0) is 4.79 Å². The summed E-state index contributed by atoms with van der Waals surface area (Å²) in [6.07, 6.45) is 12.2. The maximum atomic E-state index is 11.0. The van der Waals surface area contributed by atoms with Crippen molar-refractivity contribution in [2.24, 2.45) is 0 Å². The molecule has 2 aliphatic rings. The number of aromatic nitrogens is 2. The molecule has 0 saturated carbocycles. The Kier molecular flexibility index (Phi) is 6.52. The fraction of sp³-hybridized carbons (Fsp3) is 0.368. The van der Waals surface area contributed by atoms with Crippen molar-refractivity contribution in [1.82, 2.24) is 14.9 Å². The molecule has 2 heterocycles. The third-order valence-electron chi connectivity index (χ3n) is 4.76. The summed E-state index contributed by atoms with van der Waals surface area (Å²) in [6, 6.07) is 0. The number of carbonyl (C=O) groups is 1. The molecule has 1 aromatic heterocycles. The quantitative estimate of drug-likeness (QED) is 0.422. The standard InChI is InChI=1S/C19H23BrN6O/c20-17(21)16-18(22)23-13-24-19(16)26-9-7-25(8-10-26)11-14-3-1-2-4-15(12-27)6-5-14/h1-2,5-6,12-13,21H,3-4,7-11H2,(H2,22,23,24)/b2-1?,14-5+,15-6+,21-17?. The summed E-state index contributed by atoms with van der Waals surface area (Å²) < 4.78 is 0.197. The lowest BCUT2D eigenvalue weighted by molar-refractivity contribution is -0.105. The maximum absolute atomic E-state index is 11.0. The van der Waals surface area contributed by atoms with E-state index in [1.165, 1.54) is 11.9 Å².